The molecule has 0 spiro atoms. The topological polar surface area (TPSA) is 108 Å². The number of hydrogen-bond acceptors (Lipinski definition) is 6. The van der Waals surface area contributed by atoms with Crippen LogP contribution in [0.5, 0.6) is 0 Å². The van der Waals surface area contributed by atoms with Gasteiger partial charge in [0.1, 0.15) is 0 Å². The largest absolute Gasteiger partial charge is 0.481 e. The average Bonchev–Trinajstić information content (AvgIpc) is 3.03. The van der Waals surface area contributed by atoms with Crippen molar-refractivity contribution in [2.45, 2.75) is 70.2 Å². The van der Waals surface area contributed by atoms with Crippen molar-refractivity contribution in [1.82, 2.24) is 10.2 Å². The van der Waals surface area contributed by atoms with Crippen LogP contribution in [0.2, 0.25) is 0 Å². The molecule has 3 N–H and O–H groups in total. The Bertz CT molecular complexity index is 1380. The van der Waals surface area contributed by atoms with E-state index in [-0.39, 0.29) is 31.1 Å². The highest BCUT2D eigenvalue weighted by atomic mass is 16.7. The molecule has 1 fully saturated rings. The summed E-state index contributed by atoms with van der Waals surface area (Å²) in [4.78, 5) is 25.1. The van der Waals surface area contributed by atoms with E-state index in [9.17, 15) is 14.7 Å². The highest BCUT2D eigenvalue weighted by Gasteiger charge is 2.32. The Hall–Kier alpha value is -3.82. The number of unbranched alkanes of at least 4 members (excludes halogenated alkanes) is 2. The summed E-state index contributed by atoms with van der Waals surface area (Å²) in [6.07, 6.45) is 4.37. The summed E-state index contributed by atoms with van der Waals surface area (Å²) in [7, 11) is 2.05. The molecule has 0 saturated carbocycles. The fourth-order valence-corrected chi connectivity index (χ4v) is 5.43. The smallest absolute Gasteiger partial charge is 0.303 e. The number of nitrogens with zero attached hydrogens (tertiary/aromatic N) is 1. The van der Waals surface area contributed by atoms with Gasteiger partial charge in [-0.25, -0.2) is 0 Å². The predicted octanol–water partition coefficient (Wildman–Crippen LogP) is 6.16. The molecule has 1 amide bonds. The van der Waals surface area contributed by atoms with E-state index in [1.54, 1.807) is 0 Å². The Morgan fingerprint density at radius 1 is 0.932 bits per heavy atom. The van der Waals surface area contributed by atoms with Crippen molar-refractivity contribution in [2.24, 2.45) is 0 Å². The van der Waals surface area contributed by atoms with E-state index >= 15 is 0 Å². The van der Waals surface area contributed by atoms with E-state index in [0.29, 0.717) is 32.2 Å². The zero-order chi connectivity index (χ0) is 31.3. The number of carbonyl (C=O) groups excluding carboxylic acids is 1. The number of benzene rings is 3. The van der Waals surface area contributed by atoms with Gasteiger partial charge in [-0.3, -0.25) is 9.59 Å². The van der Waals surface area contributed by atoms with Gasteiger partial charge in [-0.15, -0.1) is 6.58 Å². The number of nitrogens with one attached hydrogen (secondary N) is 1. The standard InChI is InChI=1S/C36H44N2O6/c1-3-19-38(2)24-32-22-33(28-17-15-26(25-39)16-18-28)44-36(43-32)31-12-8-11-30(21-31)29-10-7-9-27(20-29)23-37-34(40)13-5-4-6-14-35(41)42/h3,7-12,15-18,20-21,32-33,36,39H,1,4-6,13-14,19,22-25H2,2H3,(H,37,40)(H,41,42)/t32-,33+,36+/m1/s1. The number of amides is 1. The van der Waals surface area contributed by atoms with Gasteiger partial charge < -0.3 is 29.9 Å². The van der Waals surface area contributed by atoms with E-state index in [4.69, 9.17) is 14.6 Å². The van der Waals surface area contributed by atoms with Crippen molar-refractivity contribution in [3.05, 3.63) is 108 Å². The van der Waals surface area contributed by atoms with Crippen LogP contribution in [0.3, 0.4) is 0 Å². The number of aliphatic carboxylic acids is 1. The molecule has 0 unspecified atom stereocenters. The van der Waals surface area contributed by atoms with Crippen LogP contribution < -0.4 is 5.32 Å². The first-order valence-corrected chi connectivity index (χ1v) is 15.3. The number of aliphatic hydroxyl groups excluding tert-OH is 1. The molecule has 1 saturated heterocycles. The van der Waals surface area contributed by atoms with Gasteiger partial charge in [0.05, 0.1) is 18.8 Å². The molecule has 8 heteroatoms. The second-order valence-corrected chi connectivity index (χ2v) is 11.4. The van der Waals surface area contributed by atoms with E-state index in [2.05, 4.69) is 42.0 Å². The highest BCUT2D eigenvalue weighted by Crippen LogP contribution is 2.39. The second kappa shape index (κ2) is 16.9. The molecule has 44 heavy (non-hydrogen) atoms. The summed E-state index contributed by atoms with van der Waals surface area (Å²) in [6, 6.07) is 24.2. The summed E-state index contributed by atoms with van der Waals surface area (Å²) >= 11 is 0. The fourth-order valence-electron chi connectivity index (χ4n) is 5.43. The summed E-state index contributed by atoms with van der Waals surface area (Å²) in [5, 5.41) is 21.2. The molecule has 4 rings (SSSR count). The minimum atomic E-state index is -0.802. The van der Waals surface area contributed by atoms with Crippen LogP contribution in [0.15, 0.2) is 85.5 Å². The van der Waals surface area contributed by atoms with E-state index in [1.807, 2.05) is 60.7 Å². The number of carboxylic acid groups (broad SMARTS) is 1. The van der Waals surface area contributed by atoms with Crippen molar-refractivity contribution in [1.29, 1.82) is 0 Å². The average molecular weight is 601 g/mol. The first-order chi connectivity index (χ1) is 21.3. The van der Waals surface area contributed by atoms with Crippen LogP contribution in [-0.2, 0) is 32.2 Å². The van der Waals surface area contributed by atoms with Crippen LogP contribution in [-0.4, -0.2) is 53.2 Å². The molecule has 0 aromatic heterocycles. The second-order valence-electron chi connectivity index (χ2n) is 11.4. The summed E-state index contributed by atoms with van der Waals surface area (Å²) in [5.41, 5.74) is 5.89. The fraction of sp³-hybridized carbons (Fsp3) is 0.389. The van der Waals surface area contributed by atoms with Crippen molar-refractivity contribution < 1.29 is 29.3 Å². The number of likely N-dealkylation sites (N-methyl/N-ethyl adjacent to an activating group) is 1. The lowest BCUT2D eigenvalue weighted by Crippen LogP contribution is -2.37. The number of rotatable bonds is 16. The maximum Gasteiger partial charge on any atom is 0.303 e. The van der Waals surface area contributed by atoms with Gasteiger partial charge in [0.25, 0.3) is 0 Å². The van der Waals surface area contributed by atoms with Crippen LogP contribution >= 0.6 is 0 Å². The van der Waals surface area contributed by atoms with Gasteiger partial charge >= 0.3 is 5.97 Å². The number of carboxylic acids is 1. The SMILES string of the molecule is C=CCN(C)C[C@H]1C[C@@H](c2ccc(CO)cc2)O[C@@H](c2cccc(-c3cccc(CNC(=O)CCCCCC(=O)O)c3)c2)O1. The third-order valence-electron chi connectivity index (χ3n) is 7.77. The normalized spacial score (nSPS) is 18.2. The third-order valence-corrected chi connectivity index (χ3v) is 7.77. The molecule has 0 aliphatic carbocycles. The lowest BCUT2D eigenvalue weighted by Gasteiger charge is -2.37. The zero-order valence-corrected chi connectivity index (χ0v) is 25.5. The predicted molar refractivity (Wildman–Crippen MR) is 171 cm³/mol. The van der Waals surface area contributed by atoms with E-state index in [1.165, 1.54) is 0 Å². The van der Waals surface area contributed by atoms with E-state index < -0.39 is 12.3 Å². The van der Waals surface area contributed by atoms with E-state index in [0.717, 1.165) is 52.9 Å². The molecule has 234 valence electrons. The lowest BCUT2D eigenvalue weighted by molar-refractivity contribution is -0.252. The van der Waals surface area contributed by atoms with Crippen LogP contribution in [0, 0.1) is 0 Å². The van der Waals surface area contributed by atoms with Gasteiger partial charge in [0.15, 0.2) is 6.29 Å². The first-order valence-electron chi connectivity index (χ1n) is 15.3. The van der Waals surface area contributed by atoms with Gasteiger partial charge in [-0.05, 0) is 59.8 Å². The molecule has 8 nitrogen and oxygen atoms in total. The Kier molecular flexibility index (Phi) is 12.7. The molecular weight excluding hydrogens is 556 g/mol. The van der Waals surface area contributed by atoms with Crippen molar-refractivity contribution in [2.75, 3.05) is 20.1 Å². The molecule has 3 aromatic rings. The molecule has 0 radical (unpaired) electrons. The molecule has 1 aliphatic rings. The number of carbonyl (C=O) groups is 2. The maximum atomic E-state index is 12.3. The van der Waals surface area contributed by atoms with Crippen LogP contribution in [0.1, 0.15) is 73.2 Å². The third kappa shape index (κ3) is 10.1. The summed E-state index contributed by atoms with van der Waals surface area (Å²) < 4.78 is 13.1. The Morgan fingerprint density at radius 2 is 1.66 bits per heavy atom. The van der Waals surface area contributed by atoms with Crippen LogP contribution in [0.4, 0.5) is 0 Å². The molecular formula is C36H44N2O6. The first kappa shape index (κ1) is 33.1. The lowest BCUT2D eigenvalue weighted by atomic mass is 9.98. The van der Waals surface area contributed by atoms with Crippen molar-refractivity contribution in [3.63, 3.8) is 0 Å². The van der Waals surface area contributed by atoms with Crippen LogP contribution in [0.25, 0.3) is 11.1 Å². The van der Waals surface area contributed by atoms with Gasteiger partial charge in [-0.1, -0.05) is 73.2 Å². The Balaban J connectivity index is 1.44. The number of ether oxygens (including phenoxy) is 2. The monoisotopic (exact) mass is 600 g/mol. The zero-order valence-electron chi connectivity index (χ0n) is 25.5. The molecule has 0 bridgehead atoms. The van der Waals surface area contributed by atoms with Gasteiger partial charge in [0, 0.05) is 44.5 Å². The Morgan fingerprint density at radius 3 is 2.39 bits per heavy atom. The highest BCUT2D eigenvalue weighted by molar-refractivity contribution is 5.76. The molecule has 3 atom stereocenters. The van der Waals surface area contributed by atoms with Gasteiger partial charge in [0.2, 0.25) is 5.91 Å². The van der Waals surface area contributed by atoms with Crippen molar-refractivity contribution >= 4 is 11.9 Å². The number of aliphatic hydroxyl groups is 1. The molecule has 1 aliphatic heterocycles. The van der Waals surface area contributed by atoms with Gasteiger partial charge in [-0.2, -0.15) is 0 Å². The van der Waals surface area contributed by atoms with Crippen molar-refractivity contribution in [3.8, 4) is 11.1 Å². The summed E-state index contributed by atoms with van der Waals surface area (Å²) in [6.45, 7) is 5.79. The number of hydrogen-bond donors (Lipinski definition) is 3. The molecule has 3 aromatic carbocycles. The quantitative estimate of drug-likeness (QED) is 0.134. The maximum absolute atomic E-state index is 12.3. The summed E-state index contributed by atoms with van der Waals surface area (Å²) in [5.74, 6) is -0.836. The minimum absolute atomic E-state index is 0.00303. The molecule has 1 heterocycles. The Labute approximate surface area is 260 Å². The minimum Gasteiger partial charge on any atom is -0.481 e.